The lowest BCUT2D eigenvalue weighted by molar-refractivity contribution is 0.629. The van der Waals surface area contributed by atoms with Crippen LogP contribution in [0.15, 0.2) is 41.1 Å². The minimum atomic E-state index is -0.449. The zero-order chi connectivity index (χ0) is 11.5. The first-order chi connectivity index (χ1) is 7.65. The largest absolute Gasteiger partial charge is 0.354 e. The molecule has 1 N–H and O–H groups in total. The van der Waals surface area contributed by atoms with Gasteiger partial charge in [0.25, 0.3) is 0 Å². The van der Waals surface area contributed by atoms with E-state index in [0.29, 0.717) is 5.69 Å². The van der Waals surface area contributed by atoms with Crippen molar-refractivity contribution in [2.24, 2.45) is 0 Å². The topological polar surface area (TPSA) is 24.9 Å². The van der Waals surface area contributed by atoms with E-state index in [4.69, 9.17) is 11.6 Å². The highest BCUT2D eigenvalue weighted by Gasteiger charge is 2.01. The van der Waals surface area contributed by atoms with Gasteiger partial charge in [0.05, 0.1) is 16.9 Å². The number of aromatic nitrogens is 1. The summed E-state index contributed by atoms with van der Waals surface area (Å²) in [5.41, 5.74) is 1.40. The molecular weight excluding hydrogens is 294 g/mol. The second-order valence-corrected chi connectivity index (χ2v) is 4.47. The van der Waals surface area contributed by atoms with Crippen molar-refractivity contribution < 1.29 is 4.39 Å². The summed E-state index contributed by atoms with van der Waals surface area (Å²) in [7, 11) is 0. The van der Waals surface area contributed by atoms with Gasteiger partial charge in [-0.1, -0.05) is 11.6 Å². The predicted octanol–water partition coefficient (Wildman–Crippen LogP) is 4.38. The lowest BCUT2D eigenvalue weighted by atomic mass is 10.3. The van der Waals surface area contributed by atoms with Gasteiger partial charge in [-0.2, -0.15) is 0 Å². The van der Waals surface area contributed by atoms with Crippen molar-refractivity contribution in [3.05, 3.63) is 52.0 Å². The van der Waals surface area contributed by atoms with Crippen molar-refractivity contribution in [3.63, 3.8) is 0 Å². The van der Waals surface area contributed by atoms with Crippen molar-refractivity contribution in [3.8, 4) is 0 Å². The number of hydrogen-bond donors (Lipinski definition) is 1. The molecule has 0 saturated heterocycles. The van der Waals surface area contributed by atoms with E-state index in [0.717, 1.165) is 10.2 Å². The van der Waals surface area contributed by atoms with Crippen LogP contribution in [0, 0.1) is 5.82 Å². The zero-order valence-electron chi connectivity index (χ0n) is 8.05. The molecule has 2 aromatic rings. The molecule has 0 saturated carbocycles. The summed E-state index contributed by atoms with van der Waals surface area (Å²) in [6.45, 7) is 0. The van der Waals surface area contributed by atoms with Crippen LogP contribution in [-0.4, -0.2) is 4.98 Å². The fourth-order valence-electron chi connectivity index (χ4n) is 1.22. The average Bonchev–Trinajstić information content (AvgIpc) is 2.24. The monoisotopic (exact) mass is 300 g/mol. The third kappa shape index (κ3) is 2.71. The highest BCUT2D eigenvalue weighted by Crippen LogP contribution is 2.23. The van der Waals surface area contributed by atoms with Crippen molar-refractivity contribution >= 4 is 38.9 Å². The number of pyridine rings is 1. The fraction of sp³-hybridized carbons (Fsp3) is 0. The Hall–Kier alpha value is -1.13. The van der Waals surface area contributed by atoms with Crippen LogP contribution in [0.1, 0.15) is 0 Å². The maximum atomic E-state index is 13.2. The molecule has 0 amide bonds. The van der Waals surface area contributed by atoms with Gasteiger partial charge in [0.2, 0.25) is 0 Å². The Bertz CT molecular complexity index is 519. The lowest BCUT2D eigenvalue weighted by Crippen LogP contribution is -1.92. The van der Waals surface area contributed by atoms with Crippen LogP contribution in [-0.2, 0) is 0 Å². The Morgan fingerprint density at radius 2 is 2.00 bits per heavy atom. The number of anilines is 2. The van der Waals surface area contributed by atoms with Gasteiger partial charge in [0, 0.05) is 16.4 Å². The zero-order valence-corrected chi connectivity index (χ0v) is 10.4. The molecule has 0 aliphatic carbocycles. The first kappa shape index (κ1) is 11.4. The predicted molar refractivity (Wildman–Crippen MR) is 66.6 cm³/mol. The van der Waals surface area contributed by atoms with Gasteiger partial charge in [-0.25, -0.2) is 4.39 Å². The molecule has 82 valence electrons. The van der Waals surface area contributed by atoms with Crippen LogP contribution in [0.4, 0.5) is 15.8 Å². The average molecular weight is 302 g/mol. The highest BCUT2D eigenvalue weighted by atomic mass is 79.9. The normalized spacial score (nSPS) is 10.2. The maximum absolute atomic E-state index is 13.2. The number of rotatable bonds is 2. The molecule has 0 radical (unpaired) electrons. The summed E-state index contributed by atoms with van der Waals surface area (Å²) in [6, 6.07) is 6.39. The standard InChI is InChI=1S/C11H7BrClFN2/c12-7-3-9(6-15-5-7)16-8-1-2-10(13)11(14)4-8/h1-6,16H. The van der Waals surface area contributed by atoms with Gasteiger partial charge >= 0.3 is 0 Å². The van der Waals surface area contributed by atoms with Gasteiger partial charge in [-0.15, -0.1) is 0 Å². The van der Waals surface area contributed by atoms with Gasteiger partial charge in [-0.05, 0) is 40.2 Å². The minimum Gasteiger partial charge on any atom is -0.354 e. The fourth-order valence-corrected chi connectivity index (χ4v) is 1.70. The molecule has 0 unspecified atom stereocenters. The van der Waals surface area contributed by atoms with Gasteiger partial charge < -0.3 is 5.32 Å². The number of benzene rings is 1. The SMILES string of the molecule is Fc1cc(Nc2cncc(Br)c2)ccc1Cl. The van der Waals surface area contributed by atoms with Crippen LogP contribution < -0.4 is 5.32 Å². The second kappa shape index (κ2) is 4.80. The number of hydrogen-bond acceptors (Lipinski definition) is 2. The summed E-state index contributed by atoms with van der Waals surface area (Å²) in [6.07, 6.45) is 3.32. The molecule has 0 atom stereocenters. The minimum absolute atomic E-state index is 0.109. The van der Waals surface area contributed by atoms with Crippen LogP contribution >= 0.6 is 27.5 Å². The Morgan fingerprint density at radius 1 is 1.19 bits per heavy atom. The van der Waals surface area contributed by atoms with Crippen molar-refractivity contribution in [1.82, 2.24) is 4.98 Å². The first-order valence-corrected chi connectivity index (χ1v) is 5.65. The van der Waals surface area contributed by atoms with Crippen LogP contribution in [0.3, 0.4) is 0 Å². The number of nitrogens with one attached hydrogen (secondary N) is 1. The van der Waals surface area contributed by atoms with Crippen molar-refractivity contribution in [1.29, 1.82) is 0 Å². The molecule has 0 aliphatic rings. The van der Waals surface area contributed by atoms with Gasteiger partial charge in [0.1, 0.15) is 5.82 Å². The third-order valence-corrected chi connectivity index (χ3v) is 2.65. The van der Waals surface area contributed by atoms with E-state index >= 15 is 0 Å². The van der Waals surface area contributed by atoms with Crippen LogP contribution in [0.5, 0.6) is 0 Å². The van der Waals surface area contributed by atoms with E-state index in [1.807, 2.05) is 6.07 Å². The summed E-state index contributed by atoms with van der Waals surface area (Å²) in [5, 5.41) is 3.13. The molecule has 1 heterocycles. The molecular formula is C11H7BrClFN2. The summed E-state index contributed by atoms with van der Waals surface area (Å²) in [4.78, 5) is 3.99. The molecule has 2 rings (SSSR count). The Kier molecular flexibility index (Phi) is 3.41. The smallest absolute Gasteiger partial charge is 0.143 e. The van der Waals surface area contributed by atoms with E-state index in [2.05, 4.69) is 26.2 Å². The molecule has 16 heavy (non-hydrogen) atoms. The molecule has 1 aromatic carbocycles. The quantitative estimate of drug-likeness (QED) is 0.890. The Labute approximate surface area is 106 Å². The van der Waals surface area contributed by atoms with Gasteiger partial charge in [0.15, 0.2) is 0 Å². The summed E-state index contributed by atoms with van der Waals surface area (Å²) in [5.74, 6) is -0.449. The van der Waals surface area contributed by atoms with E-state index < -0.39 is 5.82 Å². The van der Waals surface area contributed by atoms with E-state index in [1.54, 1.807) is 18.5 Å². The summed E-state index contributed by atoms with van der Waals surface area (Å²) < 4.78 is 14.0. The van der Waals surface area contributed by atoms with E-state index in [-0.39, 0.29) is 5.02 Å². The second-order valence-electron chi connectivity index (χ2n) is 3.15. The number of halogens is 3. The molecule has 0 aliphatic heterocycles. The Balaban J connectivity index is 2.24. The van der Waals surface area contributed by atoms with Crippen LogP contribution in [0.25, 0.3) is 0 Å². The van der Waals surface area contributed by atoms with E-state index in [9.17, 15) is 4.39 Å². The Morgan fingerprint density at radius 3 is 2.69 bits per heavy atom. The molecule has 2 nitrogen and oxygen atoms in total. The van der Waals surface area contributed by atoms with Crippen molar-refractivity contribution in [2.45, 2.75) is 0 Å². The molecule has 5 heteroatoms. The maximum Gasteiger partial charge on any atom is 0.143 e. The first-order valence-electron chi connectivity index (χ1n) is 4.48. The number of nitrogens with zero attached hydrogens (tertiary/aromatic N) is 1. The summed E-state index contributed by atoms with van der Waals surface area (Å²) >= 11 is 8.89. The highest BCUT2D eigenvalue weighted by molar-refractivity contribution is 9.10. The van der Waals surface area contributed by atoms with Gasteiger partial charge in [-0.3, -0.25) is 4.98 Å². The van der Waals surface area contributed by atoms with E-state index in [1.165, 1.54) is 12.1 Å². The third-order valence-electron chi connectivity index (χ3n) is 1.91. The molecule has 0 spiro atoms. The van der Waals surface area contributed by atoms with Crippen LogP contribution in [0.2, 0.25) is 5.02 Å². The lowest BCUT2D eigenvalue weighted by Gasteiger charge is -2.06. The molecule has 0 fully saturated rings. The van der Waals surface area contributed by atoms with Crippen molar-refractivity contribution in [2.75, 3.05) is 5.32 Å². The molecule has 0 bridgehead atoms. The molecule has 1 aromatic heterocycles.